The second-order valence-corrected chi connectivity index (χ2v) is 4.21. The topological polar surface area (TPSA) is 0 Å². The normalized spacial score (nSPS) is 12.5. The van der Waals surface area contributed by atoms with E-state index >= 15 is 0 Å². The third-order valence-electron chi connectivity index (χ3n) is 1.18. The minimum Gasteiger partial charge on any atom is -0.129 e. The first kappa shape index (κ1) is 10.0. The minimum atomic E-state index is 0.0640. The summed E-state index contributed by atoms with van der Waals surface area (Å²) in [5, 5.41) is 0. The summed E-state index contributed by atoms with van der Waals surface area (Å²) in [6.45, 7) is 6.63. The van der Waals surface area contributed by atoms with Crippen LogP contribution in [-0.4, -0.2) is 11.6 Å². The standard InChI is InChI=1S/C9H18P/c1-4-7-10(8-5-2)9-6-3/h7-9H,4-6H2,1-3H3. The fraction of sp³-hybridized carbons (Fsp3) is 0.667. The minimum absolute atomic E-state index is 0.0640. The van der Waals surface area contributed by atoms with Gasteiger partial charge in [0, 0.05) is 6.16 Å². The van der Waals surface area contributed by atoms with Crippen LogP contribution in [0.2, 0.25) is 0 Å². The molecule has 0 aromatic carbocycles. The zero-order valence-corrected chi connectivity index (χ0v) is 8.20. The van der Waals surface area contributed by atoms with Crippen LogP contribution in [0.1, 0.15) is 40.0 Å². The lowest BCUT2D eigenvalue weighted by molar-refractivity contribution is 1.20. The van der Waals surface area contributed by atoms with Gasteiger partial charge >= 0.3 is 0 Å². The predicted octanol–water partition coefficient (Wildman–Crippen LogP) is 3.46. The molecule has 1 radical (unpaired) electrons. The van der Waals surface area contributed by atoms with Crippen LogP contribution in [0, 0.1) is 6.16 Å². The molecule has 0 rings (SSSR count). The Labute approximate surface area is 65.7 Å². The molecule has 0 spiro atoms. The third-order valence-corrected chi connectivity index (χ3v) is 3.54. The first-order chi connectivity index (χ1) is 4.85. The summed E-state index contributed by atoms with van der Waals surface area (Å²) in [6, 6.07) is 0. The number of hydrogen-bond acceptors (Lipinski definition) is 0. The summed E-state index contributed by atoms with van der Waals surface area (Å²) >= 11 is 0. The van der Waals surface area contributed by atoms with Crippen molar-refractivity contribution in [3.05, 3.63) is 6.16 Å². The van der Waals surface area contributed by atoms with E-state index in [0.29, 0.717) is 0 Å². The van der Waals surface area contributed by atoms with E-state index < -0.39 is 0 Å². The van der Waals surface area contributed by atoms with Crippen molar-refractivity contribution in [2.45, 2.75) is 40.0 Å². The highest BCUT2D eigenvalue weighted by Crippen LogP contribution is 2.15. The van der Waals surface area contributed by atoms with Crippen molar-refractivity contribution in [3.63, 3.8) is 0 Å². The van der Waals surface area contributed by atoms with Gasteiger partial charge in [0.15, 0.2) is 0 Å². The largest absolute Gasteiger partial charge is 0.129 e. The second kappa shape index (κ2) is 7.15. The Morgan fingerprint density at radius 2 is 1.40 bits per heavy atom. The molecule has 59 valence electrons. The molecular weight excluding hydrogens is 139 g/mol. The van der Waals surface area contributed by atoms with Crippen LogP contribution in [0.4, 0.5) is 0 Å². The van der Waals surface area contributed by atoms with Gasteiger partial charge in [0.05, 0.1) is 0 Å². The van der Waals surface area contributed by atoms with Crippen LogP contribution in [0.3, 0.4) is 0 Å². The van der Waals surface area contributed by atoms with Crippen molar-refractivity contribution in [2.24, 2.45) is 0 Å². The van der Waals surface area contributed by atoms with Crippen molar-refractivity contribution < 1.29 is 0 Å². The summed E-state index contributed by atoms with van der Waals surface area (Å²) < 4.78 is 0. The Morgan fingerprint density at radius 1 is 0.900 bits per heavy atom. The Kier molecular flexibility index (Phi) is 7.18. The molecule has 0 aromatic rings. The average Bonchev–Trinajstić information content (AvgIpc) is 1.90. The summed E-state index contributed by atoms with van der Waals surface area (Å²) in [5.41, 5.74) is 0. The van der Waals surface area contributed by atoms with Gasteiger partial charge in [-0.3, -0.25) is 0 Å². The van der Waals surface area contributed by atoms with Crippen LogP contribution in [0.15, 0.2) is 0 Å². The van der Waals surface area contributed by atoms with Crippen molar-refractivity contribution in [1.82, 2.24) is 0 Å². The molecule has 0 bridgehead atoms. The van der Waals surface area contributed by atoms with Gasteiger partial charge in [-0.1, -0.05) is 32.4 Å². The van der Waals surface area contributed by atoms with Gasteiger partial charge in [-0.15, -0.1) is 7.17 Å². The fourth-order valence-corrected chi connectivity index (χ4v) is 2.57. The first-order valence-corrected chi connectivity index (χ1v) is 5.67. The quantitative estimate of drug-likeness (QED) is 0.548. The summed E-state index contributed by atoms with van der Waals surface area (Å²) in [4.78, 5) is 0. The first-order valence-electron chi connectivity index (χ1n) is 4.12. The van der Waals surface area contributed by atoms with Crippen molar-refractivity contribution in [2.75, 3.05) is 0 Å². The van der Waals surface area contributed by atoms with E-state index in [9.17, 15) is 0 Å². The summed E-state index contributed by atoms with van der Waals surface area (Å²) in [5.74, 6) is 4.84. The van der Waals surface area contributed by atoms with Gasteiger partial charge in [0.1, 0.15) is 0 Å². The van der Waals surface area contributed by atoms with E-state index in [1.807, 2.05) is 0 Å². The van der Waals surface area contributed by atoms with Crippen LogP contribution in [-0.2, 0) is 0 Å². The van der Waals surface area contributed by atoms with Gasteiger partial charge in [0.2, 0.25) is 0 Å². The van der Waals surface area contributed by atoms with Gasteiger partial charge < -0.3 is 0 Å². The maximum absolute atomic E-state index is 2.42. The van der Waals surface area contributed by atoms with Crippen LogP contribution in [0.5, 0.6) is 0 Å². The molecule has 0 amide bonds. The van der Waals surface area contributed by atoms with Crippen molar-refractivity contribution in [3.8, 4) is 0 Å². The van der Waals surface area contributed by atoms with E-state index in [1.54, 1.807) is 0 Å². The van der Waals surface area contributed by atoms with Gasteiger partial charge in [-0.25, -0.2) is 0 Å². The average molecular weight is 157 g/mol. The summed E-state index contributed by atoms with van der Waals surface area (Å²) in [6.07, 6.45) is 6.04. The molecule has 0 aliphatic carbocycles. The molecule has 0 saturated carbocycles. The third kappa shape index (κ3) is 4.88. The maximum Gasteiger partial charge on any atom is 0.00666 e. The molecule has 0 fully saturated rings. The Balaban J connectivity index is 3.97. The Hall–Kier alpha value is 0.0400. The van der Waals surface area contributed by atoms with E-state index in [0.717, 1.165) is 0 Å². The maximum atomic E-state index is 2.42. The molecule has 0 nitrogen and oxygen atoms in total. The molecule has 0 aliphatic rings. The zero-order chi connectivity index (χ0) is 7.82. The smallest absolute Gasteiger partial charge is 0.00666 e. The lowest BCUT2D eigenvalue weighted by Gasteiger charge is -1.91. The molecule has 0 heterocycles. The van der Waals surface area contributed by atoms with E-state index in [1.165, 1.54) is 19.3 Å². The van der Waals surface area contributed by atoms with Crippen molar-refractivity contribution >= 4 is 18.8 Å². The molecule has 0 atom stereocenters. The molecule has 10 heavy (non-hydrogen) atoms. The molecular formula is C9H18P. The van der Waals surface area contributed by atoms with Gasteiger partial charge in [0.25, 0.3) is 0 Å². The molecule has 0 aliphatic heterocycles. The Bertz CT molecular complexity index is 127. The van der Waals surface area contributed by atoms with Gasteiger partial charge in [-0.05, 0) is 19.3 Å². The monoisotopic (exact) mass is 157 g/mol. The molecule has 1 heteroatoms. The van der Waals surface area contributed by atoms with Crippen LogP contribution < -0.4 is 0 Å². The predicted molar refractivity (Wildman–Crippen MR) is 54.2 cm³/mol. The molecule has 0 unspecified atom stereocenters. The van der Waals surface area contributed by atoms with Crippen LogP contribution >= 0.6 is 7.17 Å². The SMILES string of the molecule is CC[CH]/P(=C\CC)=C\CC. The van der Waals surface area contributed by atoms with E-state index in [4.69, 9.17) is 0 Å². The highest BCUT2D eigenvalue weighted by Gasteiger charge is 1.80. The lowest BCUT2D eigenvalue weighted by atomic mass is 10.6. The highest BCUT2D eigenvalue weighted by atomic mass is 31.1. The second-order valence-electron chi connectivity index (χ2n) is 2.22. The highest BCUT2D eigenvalue weighted by molar-refractivity contribution is 7.58. The van der Waals surface area contributed by atoms with Gasteiger partial charge in [-0.2, -0.15) is 0 Å². The Morgan fingerprint density at radius 3 is 1.70 bits per heavy atom. The van der Waals surface area contributed by atoms with Crippen molar-refractivity contribution in [1.29, 1.82) is 0 Å². The van der Waals surface area contributed by atoms with E-state index in [2.05, 4.69) is 38.5 Å². The number of hydrogen-bond donors (Lipinski definition) is 0. The molecule has 0 aromatic heterocycles. The molecule has 0 N–H and O–H groups in total. The number of rotatable bonds is 4. The molecule has 0 saturated heterocycles. The fourth-order valence-electron chi connectivity index (χ4n) is 0.856. The van der Waals surface area contributed by atoms with E-state index in [-0.39, 0.29) is 7.17 Å². The lowest BCUT2D eigenvalue weighted by Crippen LogP contribution is -1.69. The zero-order valence-electron chi connectivity index (χ0n) is 7.30. The summed E-state index contributed by atoms with van der Waals surface area (Å²) in [7, 11) is 0.0640. The van der Waals surface area contributed by atoms with Crippen LogP contribution in [0.25, 0.3) is 0 Å².